The van der Waals surface area contributed by atoms with Gasteiger partial charge in [0.05, 0.1) is 12.2 Å². The molecule has 3 aromatic carbocycles. The minimum absolute atomic E-state index is 0.407. The molecule has 0 saturated carbocycles. The number of benzene rings is 3. The Morgan fingerprint density at radius 3 is 2.00 bits per heavy atom. The number of carbonyl (C=O) groups is 1. The SMILES string of the molecule is CCCOc1ccc(C(=O)Oc2ccc(OCc3ccccc3)cc2)cc1. The number of rotatable bonds is 8. The van der Waals surface area contributed by atoms with Crippen LogP contribution in [0, 0.1) is 0 Å². The van der Waals surface area contributed by atoms with Crippen molar-refractivity contribution < 1.29 is 19.0 Å². The van der Waals surface area contributed by atoms with Gasteiger partial charge < -0.3 is 14.2 Å². The Bertz CT molecular complexity index is 840. The average Bonchev–Trinajstić information content (AvgIpc) is 2.73. The van der Waals surface area contributed by atoms with E-state index in [0.717, 1.165) is 23.5 Å². The standard InChI is InChI=1S/C23H22O4/c1-2-16-25-20-10-8-19(9-11-20)23(24)27-22-14-12-21(13-15-22)26-17-18-6-4-3-5-7-18/h3-15H,2,16-17H2,1H3. The van der Waals surface area contributed by atoms with Crippen molar-refractivity contribution in [2.45, 2.75) is 20.0 Å². The van der Waals surface area contributed by atoms with Gasteiger partial charge in [-0.2, -0.15) is 0 Å². The summed E-state index contributed by atoms with van der Waals surface area (Å²) < 4.78 is 16.6. The van der Waals surface area contributed by atoms with Crippen LogP contribution in [0.3, 0.4) is 0 Å². The van der Waals surface area contributed by atoms with Crippen molar-refractivity contribution in [2.75, 3.05) is 6.61 Å². The Balaban J connectivity index is 1.53. The van der Waals surface area contributed by atoms with E-state index >= 15 is 0 Å². The Labute approximate surface area is 159 Å². The van der Waals surface area contributed by atoms with Crippen molar-refractivity contribution in [3.63, 3.8) is 0 Å². The van der Waals surface area contributed by atoms with Gasteiger partial charge in [-0.1, -0.05) is 37.3 Å². The number of hydrogen-bond acceptors (Lipinski definition) is 4. The maximum absolute atomic E-state index is 12.2. The molecule has 4 nitrogen and oxygen atoms in total. The van der Waals surface area contributed by atoms with Crippen molar-refractivity contribution in [1.29, 1.82) is 0 Å². The molecule has 3 rings (SSSR count). The second-order valence-electron chi connectivity index (χ2n) is 6.01. The predicted molar refractivity (Wildman–Crippen MR) is 104 cm³/mol. The number of ether oxygens (including phenoxy) is 3. The zero-order chi connectivity index (χ0) is 18.9. The van der Waals surface area contributed by atoms with Gasteiger partial charge in [0.25, 0.3) is 0 Å². The van der Waals surface area contributed by atoms with E-state index in [-0.39, 0.29) is 0 Å². The first-order valence-corrected chi connectivity index (χ1v) is 8.96. The van der Waals surface area contributed by atoms with E-state index in [9.17, 15) is 4.79 Å². The molecule has 0 N–H and O–H groups in total. The molecule has 0 saturated heterocycles. The summed E-state index contributed by atoms with van der Waals surface area (Å²) in [6.07, 6.45) is 0.939. The van der Waals surface area contributed by atoms with Crippen molar-refractivity contribution >= 4 is 5.97 Å². The van der Waals surface area contributed by atoms with E-state index in [0.29, 0.717) is 24.5 Å². The molecule has 0 aliphatic carbocycles. The first-order valence-electron chi connectivity index (χ1n) is 8.96. The van der Waals surface area contributed by atoms with Gasteiger partial charge in [0.1, 0.15) is 23.9 Å². The van der Waals surface area contributed by atoms with E-state index in [1.807, 2.05) is 37.3 Å². The minimum Gasteiger partial charge on any atom is -0.494 e. The van der Waals surface area contributed by atoms with Crippen molar-refractivity contribution in [2.24, 2.45) is 0 Å². The third kappa shape index (κ3) is 5.61. The summed E-state index contributed by atoms with van der Waals surface area (Å²) >= 11 is 0. The Kier molecular flexibility index (Phi) is 6.47. The topological polar surface area (TPSA) is 44.8 Å². The molecule has 0 aromatic heterocycles. The smallest absolute Gasteiger partial charge is 0.343 e. The van der Waals surface area contributed by atoms with E-state index in [1.54, 1.807) is 48.5 Å². The molecule has 0 radical (unpaired) electrons. The van der Waals surface area contributed by atoms with Crippen LogP contribution in [0.1, 0.15) is 29.3 Å². The van der Waals surface area contributed by atoms with Crippen LogP contribution in [0.15, 0.2) is 78.9 Å². The Morgan fingerprint density at radius 1 is 0.741 bits per heavy atom. The molecule has 0 heterocycles. The van der Waals surface area contributed by atoms with Crippen LogP contribution in [-0.2, 0) is 6.61 Å². The highest BCUT2D eigenvalue weighted by molar-refractivity contribution is 5.91. The van der Waals surface area contributed by atoms with Gasteiger partial charge in [-0.25, -0.2) is 4.79 Å². The number of carbonyl (C=O) groups excluding carboxylic acids is 1. The summed E-state index contributed by atoms with van der Waals surface area (Å²) in [6, 6.07) is 23.9. The molecule has 4 heteroatoms. The predicted octanol–water partition coefficient (Wildman–Crippen LogP) is 5.27. The van der Waals surface area contributed by atoms with Gasteiger partial charge in [0, 0.05) is 0 Å². The van der Waals surface area contributed by atoms with Gasteiger partial charge in [-0.3, -0.25) is 0 Å². The molecular weight excluding hydrogens is 340 g/mol. The number of hydrogen-bond donors (Lipinski definition) is 0. The fraction of sp³-hybridized carbons (Fsp3) is 0.174. The van der Waals surface area contributed by atoms with Crippen molar-refractivity contribution in [3.8, 4) is 17.2 Å². The fourth-order valence-electron chi connectivity index (χ4n) is 2.42. The maximum Gasteiger partial charge on any atom is 0.343 e. The lowest BCUT2D eigenvalue weighted by Gasteiger charge is -2.08. The summed E-state index contributed by atoms with van der Waals surface area (Å²) in [5, 5.41) is 0. The highest BCUT2D eigenvalue weighted by Crippen LogP contribution is 2.20. The first-order chi connectivity index (χ1) is 13.2. The summed E-state index contributed by atoms with van der Waals surface area (Å²) in [7, 11) is 0. The summed E-state index contributed by atoms with van der Waals surface area (Å²) in [5.41, 5.74) is 1.57. The molecule has 27 heavy (non-hydrogen) atoms. The zero-order valence-corrected chi connectivity index (χ0v) is 15.3. The lowest BCUT2D eigenvalue weighted by Crippen LogP contribution is -2.08. The summed E-state index contributed by atoms with van der Waals surface area (Å²) in [5.74, 6) is 1.53. The molecule has 3 aromatic rings. The van der Waals surface area contributed by atoms with Gasteiger partial charge in [-0.05, 0) is 60.5 Å². The van der Waals surface area contributed by atoms with Gasteiger partial charge in [-0.15, -0.1) is 0 Å². The van der Waals surface area contributed by atoms with Gasteiger partial charge in [0.15, 0.2) is 0 Å². The van der Waals surface area contributed by atoms with Crippen LogP contribution >= 0.6 is 0 Å². The maximum atomic E-state index is 12.2. The van der Waals surface area contributed by atoms with Gasteiger partial charge in [0.2, 0.25) is 0 Å². The van der Waals surface area contributed by atoms with Crippen LogP contribution < -0.4 is 14.2 Å². The molecular formula is C23H22O4. The fourth-order valence-corrected chi connectivity index (χ4v) is 2.42. The van der Waals surface area contributed by atoms with E-state index in [2.05, 4.69) is 0 Å². The molecule has 0 fully saturated rings. The Morgan fingerprint density at radius 2 is 1.33 bits per heavy atom. The second kappa shape index (κ2) is 9.43. The molecule has 0 bridgehead atoms. The molecule has 138 valence electrons. The van der Waals surface area contributed by atoms with Crippen LogP contribution in [0.5, 0.6) is 17.2 Å². The van der Waals surface area contributed by atoms with Crippen molar-refractivity contribution in [1.82, 2.24) is 0 Å². The van der Waals surface area contributed by atoms with E-state index < -0.39 is 5.97 Å². The van der Waals surface area contributed by atoms with E-state index in [1.165, 1.54) is 0 Å². The Hall–Kier alpha value is -3.27. The van der Waals surface area contributed by atoms with Crippen LogP contribution in [0.2, 0.25) is 0 Å². The average molecular weight is 362 g/mol. The van der Waals surface area contributed by atoms with Gasteiger partial charge >= 0.3 is 5.97 Å². The molecule has 0 amide bonds. The highest BCUT2D eigenvalue weighted by atomic mass is 16.5. The molecule has 0 atom stereocenters. The van der Waals surface area contributed by atoms with Crippen LogP contribution in [0.25, 0.3) is 0 Å². The third-order valence-electron chi connectivity index (χ3n) is 3.85. The lowest BCUT2D eigenvalue weighted by molar-refractivity contribution is 0.0734. The highest BCUT2D eigenvalue weighted by Gasteiger charge is 2.09. The van der Waals surface area contributed by atoms with Crippen LogP contribution in [-0.4, -0.2) is 12.6 Å². The summed E-state index contributed by atoms with van der Waals surface area (Å²) in [6.45, 7) is 3.19. The first kappa shape index (κ1) is 18.5. The summed E-state index contributed by atoms with van der Waals surface area (Å²) in [4.78, 5) is 12.2. The second-order valence-corrected chi connectivity index (χ2v) is 6.01. The minimum atomic E-state index is -0.407. The van der Waals surface area contributed by atoms with Crippen molar-refractivity contribution in [3.05, 3.63) is 90.0 Å². The largest absolute Gasteiger partial charge is 0.494 e. The van der Waals surface area contributed by atoms with Crippen LogP contribution in [0.4, 0.5) is 0 Å². The monoisotopic (exact) mass is 362 g/mol. The molecule has 0 unspecified atom stereocenters. The molecule has 0 aliphatic heterocycles. The number of esters is 1. The van der Waals surface area contributed by atoms with E-state index in [4.69, 9.17) is 14.2 Å². The molecule has 0 spiro atoms. The quantitative estimate of drug-likeness (QED) is 0.404. The molecule has 0 aliphatic rings. The zero-order valence-electron chi connectivity index (χ0n) is 15.3. The normalized spacial score (nSPS) is 10.3. The third-order valence-corrected chi connectivity index (χ3v) is 3.85. The lowest BCUT2D eigenvalue weighted by atomic mass is 10.2.